The predicted octanol–water partition coefficient (Wildman–Crippen LogP) is 3.77. The van der Waals surface area contributed by atoms with Gasteiger partial charge in [-0.15, -0.1) is 0 Å². The summed E-state index contributed by atoms with van der Waals surface area (Å²) < 4.78 is 8.78. The summed E-state index contributed by atoms with van der Waals surface area (Å²) in [4.78, 5) is 40.7. The molecule has 0 aliphatic heterocycles. The van der Waals surface area contributed by atoms with E-state index in [9.17, 15) is 19.7 Å². The van der Waals surface area contributed by atoms with Gasteiger partial charge in [0.1, 0.15) is 23.2 Å². The molecule has 2 aromatic heterocycles. The summed E-state index contributed by atoms with van der Waals surface area (Å²) in [7, 11) is 0. The van der Waals surface area contributed by atoms with Gasteiger partial charge in [-0.1, -0.05) is 42.5 Å². The van der Waals surface area contributed by atoms with E-state index < -0.39 is 4.92 Å². The Morgan fingerprint density at radius 3 is 2.63 bits per heavy atom. The Labute approximate surface area is 216 Å². The van der Waals surface area contributed by atoms with Crippen LogP contribution in [0.4, 0.5) is 5.69 Å². The second-order valence-corrected chi connectivity index (χ2v) is 8.38. The fraction of sp³-hybridized carbons (Fsp3) is 0.111. The Balaban J connectivity index is 1.26. The molecule has 190 valence electrons. The molecule has 0 aliphatic carbocycles. The number of nitro benzene ring substituents is 1. The fourth-order valence-electron chi connectivity index (χ4n) is 3.97. The van der Waals surface area contributed by atoms with Crippen LogP contribution in [0.1, 0.15) is 15.9 Å². The number of hydrogen-bond donors (Lipinski definition) is 1. The Morgan fingerprint density at radius 1 is 1.03 bits per heavy atom. The molecule has 0 radical (unpaired) electrons. The van der Waals surface area contributed by atoms with Crippen LogP contribution in [0, 0.1) is 10.1 Å². The highest BCUT2D eigenvalue weighted by Gasteiger charge is 2.15. The van der Waals surface area contributed by atoms with Crippen LogP contribution >= 0.6 is 0 Å². The Hall–Kier alpha value is -5.32. The number of benzene rings is 3. The van der Waals surface area contributed by atoms with Crippen LogP contribution in [0.5, 0.6) is 11.5 Å². The van der Waals surface area contributed by atoms with Crippen molar-refractivity contribution in [2.45, 2.75) is 13.1 Å². The minimum absolute atomic E-state index is 0.0475. The highest BCUT2D eigenvalue weighted by molar-refractivity contribution is 5.97. The predicted molar refractivity (Wildman–Crippen MR) is 139 cm³/mol. The van der Waals surface area contributed by atoms with Crippen molar-refractivity contribution in [1.29, 1.82) is 0 Å². The molecule has 0 saturated heterocycles. The standard InChI is InChI=1S/C27H22N6O5/c34-26(22-11-4-5-12-24(22)38-21-9-2-1-3-10-21)28-13-14-32-25-23(16-30-32)27(35)31(18-29-25)17-19-7-6-8-20(15-19)33(36)37/h1-12,15-16,18H,13-14,17H2,(H,28,34). The van der Waals surface area contributed by atoms with Gasteiger partial charge in [-0.25, -0.2) is 9.67 Å². The van der Waals surface area contributed by atoms with Crippen molar-refractivity contribution in [1.82, 2.24) is 24.6 Å². The van der Waals surface area contributed by atoms with Gasteiger partial charge in [-0.3, -0.25) is 24.3 Å². The van der Waals surface area contributed by atoms with Crippen molar-refractivity contribution in [2.24, 2.45) is 0 Å². The summed E-state index contributed by atoms with van der Waals surface area (Å²) in [6.07, 6.45) is 2.82. The van der Waals surface area contributed by atoms with Gasteiger partial charge >= 0.3 is 0 Å². The van der Waals surface area contributed by atoms with Gasteiger partial charge in [0.15, 0.2) is 5.65 Å². The molecule has 11 nitrogen and oxygen atoms in total. The van der Waals surface area contributed by atoms with Crippen LogP contribution < -0.4 is 15.6 Å². The molecular formula is C27H22N6O5. The quantitative estimate of drug-likeness (QED) is 0.236. The zero-order chi connectivity index (χ0) is 26.5. The van der Waals surface area contributed by atoms with Gasteiger partial charge in [0.05, 0.1) is 29.8 Å². The fourth-order valence-corrected chi connectivity index (χ4v) is 3.97. The number of carbonyl (C=O) groups is 1. The summed E-state index contributed by atoms with van der Waals surface area (Å²) in [5, 5.41) is 18.5. The van der Waals surface area contributed by atoms with Crippen molar-refractivity contribution >= 4 is 22.6 Å². The molecule has 5 rings (SSSR count). The van der Waals surface area contributed by atoms with Crippen LogP contribution in [0.15, 0.2) is 96.2 Å². The van der Waals surface area contributed by atoms with Crippen LogP contribution in [-0.4, -0.2) is 36.7 Å². The first-order chi connectivity index (χ1) is 18.5. The second-order valence-electron chi connectivity index (χ2n) is 8.38. The first kappa shape index (κ1) is 24.4. The lowest BCUT2D eigenvalue weighted by molar-refractivity contribution is -0.384. The van der Waals surface area contributed by atoms with Crippen LogP contribution in [0.2, 0.25) is 0 Å². The number of amides is 1. The maximum Gasteiger partial charge on any atom is 0.269 e. The topological polar surface area (TPSA) is 134 Å². The maximum atomic E-state index is 13.0. The summed E-state index contributed by atoms with van der Waals surface area (Å²) in [5.41, 5.74) is 1.02. The summed E-state index contributed by atoms with van der Waals surface area (Å²) >= 11 is 0. The summed E-state index contributed by atoms with van der Waals surface area (Å²) in [6, 6.07) is 22.3. The zero-order valence-electron chi connectivity index (χ0n) is 20.1. The monoisotopic (exact) mass is 510 g/mol. The van der Waals surface area contributed by atoms with E-state index in [1.165, 1.54) is 29.2 Å². The lowest BCUT2D eigenvalue weighted by atomic mass is 10.2. The Kier molecular flexibility index (Phi) is 6.89. The number of hydrogen-bond acceptors (Lipinski definition) is 7. The molecule has 0 atom stereocenters. The van der Waals surface area contributed by atoms with Crippen LogP contribution in [0.3, 0.4) is 0 Å². The Morgan fingerprint density at radius 2 is 1.82 bits per heavy atom. The summed E-state index contributed by atoms with van der Waals surface area (Å²) in [5.74, 6) is 0.755. The van der Waals surface area contributed by atoms with Crippen molar-refractivity contribution in [3.05, 3.63) is 123 Å². The number of aromatic nitrogens is 4. The molecule has 0 aliphatic rings. The third kappa shape index (κ3) is 5.26. The van der Waals surface area contributed by atoms with Crippen molar-refractivity contribution in [3.63, 3.8) is 0 Å². The number of fused-ring (bicyclic) bond motifs is 1. The van der Waals surface area contributed by atoms with E-state index in [0.29, 0.717) is 33.7 Å². The SMILES string of the molecule is O=C(NCCn1ncc2c(=O)n(Cc3cccc([N+](=O)[O-])c3)cnc21)c1ccccc1Oc1ccccc1. The molecule has 1 amide bonds. The molecule has 3 aromatic carbocycles. The molecule has 1 N–H and O–H groups in total. The zero-order valence-corrected chi connectivity index (χ0v) is 20.1. The third-order valence-electron chi connectivity index (χ3n) is 5.81. The highest BCUT2D eigenvalue weighted by Crippen LogP contribution is 2.25. The number of rotatable bonds is 9. The van der Waals surface area contributed by atoms with Gasteiger partial charge < -0.3 is 10.1 Å². The van der Waals surface area contributed by atoms with Gasteiger partial charge in [-0.2, -0.15) is 5.10 Å². The normalized spacial score (nSPS) is 10.8. The molecule has 11 heteroatoms. The van der Waals surface area contributed by atoms with Crippen LogP contribution in [-0.2, 0) is 13.1 Å². The van der Waals surface area contributed by atoms with E-state index in [4.69, 9.17) is 4.74 Å². The second kappa shape index (κ2) is 10.7. The van der Waals surface area contributed by atoms with Crippen molar-refractivity contribution in [2.75, 3.05) is 6.54 Å². The van der Waals surface area contributed by atoms with E-state index in [1.54, 1.807) is 41.1 Å². The van der Waals surface area contributed by atoms with Gasteiger partial charge in [0.2, 0.25) is 0 Å². The van der Waals surface area contributed by atoms with E-state index in [1.807, 2.05) is 30.3 Å². The minimum atomic E-state index is -0.481. The first-order valence-electron chi connectivity index (χ1n) is 11.7. The van der Waals surface area contributed by atoms with Crippen LogP contribution in [0.25, 0.3) is 11.0 Å². The number of nitrogens with one attached hydrogen (secondary N) is 1. The van der Waals surface area contributed by atoms with Gasteiger partial charge in [0, 0.05) is 18.7 Å². The molecule has 0 bridgehead atoms. The molecular weight excluding hydrogens is 488 g/mol. The average molecular weight is 511 g/mol. The number of carbonyl (C=O) groups excluding carboxylic acids is 1. The van der Waals surface area contributed by atoms with Gasteiger partial charge in [-0.05, 0) is 29.8 Å². The molecule has 0 fully saturated rings. The lowest BCUT2D eigenvalue weighted by Crippen LogP contribution is -2.28. The molecule has 0 unspecified atom stereocenters. The molecule has 2 heterocycles. The van der Waals surface area contributed by atoms with E-state index >= 15 is 0 Å². The van der Waals surface area contributed by atoms with E-state index in [-0.39, 0.29) is 36.8 Å². The van der Waals surface area contributed by atoms with Gasteiger partial charge in [0.25, 0.3) is 17.2 Å². The lowest BCUT2D eigenvalue weighted by Gasteiger charge is -2.11. The number of ether oxygens (including phenoxy) is 1. The molecule has 0 saturated carbocycles. The largest absolute Gasteiger partial charge is 0.457 e. The van der Waals surface area contributed by atoms with E-state index in [0.717, 1.165) is 0 Å². The molecule has 0 spiro atoms. The molecule has 5 aromatic rings. The maximum absolute atomic E-state index is 13.0. The number of para-hydroxylation sites is 2. The van der Waals surface area contributed by atoms with E-state index in [2.05, 4.69) is 15.4 Å². The smallest absolute Gasteiger partial charge is 0.269 e. The Bertz CT molecular complexity index is 1680. The number of nitro groups is 1. The highest BCUT2D eigenvalue weighted by atomic mass is 16.6. The minimum Gasteiger partial charge on any atom is -0.457 e. The first-order valence-corrected chi connectivity index (χ1v) is 11.7. The van der Waals surface area contributed by atoms with Crippen molar-refractivity contribution in [3.8, 4) is 11.5 Å². The molecule has 38 heavy (non-hydrogen) atoms. The third-order valence-corrected chi connectivity index (χ3v) is 5.81. The number of nitrogens with zero attached hydrogens (tertiary/aromatic N) is 5. The summed E-state index contributed by atoms with van der Waals surface area (Å²) in [6.45, 7) is 0.668. The number of non-ortho nitro benzene ring substituents is 1. The van der Waals surface area contributed by atoms with Crippen molar-refractivity contribution < 1.29 is 14.5 Å². The average Bonchev–Trinajstić information content (AvgIpc) is 3.35.